The van der Waals surface area contributed by atoms with Crippen LogP contribution in [0.1, 0.15) is 11.3 Å². The number of nitrogens with zero attached hydrogens (tertiary/aromatic N) is 1. The Kier molecular flexibility index (Phi) is 2.32. The molecule has 0 saturated heterocycles. The maximum absolute atomic E-state index is 4.30. The summed E-state index contributed by atoms with van der Waals surface area (Å²) >= 11 is 3.47. The zero-order valence-electron chi connectivity index (χ0n) is 7.42. The van der Waals surface area contributed by atoms with E-state index in [1.807, 2.05) is 13.1 Å². The second kappa shape index (κ2) is 3.46. The van der Waals surface area contributed by atoms with E-state index < -0.39 is 0 Å². The Labute approximate surface area is 85.9 Å². The minimum Gasteiger partial charge on any atom is -0.261 e. The molecule has 0 bridgehead atoms. The van der Waals surface area contributed by atoms with Crippen molar-refractivity contribution in [3.8, 4) is 0 Å². The Morgan fingerprint density at radius 2 is 2.23 bits per heavy atom. The van der Waals surface area contributed by atoms with Gasteiger partial charge >= 0.3 is 0 Å². The molecule has 13 heavy (non-hydrogen) atoms. The molecule has 0 atom stereocenters. The van der Waals surface area contributed by atoms with Crippen molar-refractivity contribution in [2.24, 2.45) is 0 Å². The normalized spacial score (nSPS) is 10.6. The van der Waals surface area contributed by atoms with E-state index in [-0.39, 0.29) is 0 Å². The molecular formula is C11H10BrN. The number of aromatic nitrogens is 1. The fourth-order valence-corrected chi connectivity index (χ4v) is 1.95. The van der Waals surface area contributed by atoms with E-state index >= 15 is 0 Å². The molecule has 0 aliphatic heterocycles. The third-order valence-electron chi connectivity index (χ3n) is 2.14. The van der Waals surface area contributed by atoms with Crippen LogP contribution in [0.4, 0.5) is 0 Å². The number of fused-ring (bicyclic) bond motifs is 1. The first-order chi connectivity index (χ1) is 6.31. The van der Waals surface area contributed by atoms with Crippen LogP contribution in [-0.2, 0) is 5.33 Å². The van der Waals surface area contributed by atoms with Crippen LogP contribution in [0.3, 0.4) is 0 Å². The van der Waals surface area contributed by atoms with Crippen molar-refractivity contribution in [1.82, 2.24) is 4.98 Å². The highest BCUT2D eigenvalue weighted by Gasteiger charge is 1.99. The number of halogens is 1. The van der Waals surface area contributed by atoms with Gasteiger partial charge in [0, 0.05) is 22.6 Å². The first kappa shape index (κ1) is 8.70. The Hall–Kier alpha value is -0.890. The summed E-state index contributed by atoms with van der Waals surface area (Å²) in [5, 5.41) is 3.39. The molecule has 1 heterocycles. The van der Waals surface area contributed by atoms with Crippen molar-refractivity contribution in [3.05, 3.63) is 41.7 Å². The van der Waals surface area contributed by atoms with Crippen LogP contribution in [0, 0.1) is 6.92 Å². The SMILES string of the molecule is Cc1cc2cccc(CBr)c2cn1. The average Bonchev–Trinajstić information content (AvgIpc) is 2.16. The molecule has 2 aromatic rings. The van der Waals surface area contributed by atoms with E-state index in [1.165, 1.54) is 16.3 Å². The van der Waals surface area contributed by atoms with Crippen molar-refractivity contribution in [3.63, 3.8) is 0 Å². The van der Waals surface area contributed by atoms with Crippen LogP contribution in [0.5, 0.6) is 0 Å². The number of hydrogen-bond acceptors (Lipinski definition) is 1. The molecule has 66 valence electrons. The van der Waals surface area contributed by atoms with Crippen molar-refractivity contribution >= 4 is 26.7 Å². The minimum atomic E-state index is 0.884. The highest BCUT2D eigenvalue weighted by molar-refractivity contribution is 9.08. The first-order valence-electron chi connectivity index (χ1n) is 4.21. The quantitative estimate of drug-likeness (QED) is 0.691. The Balaban J connectivity index is 2.77. The number of hydrogen-bond donors (Lipinski definition) is 0. The van der Waals surface area contributed by atoms with Crippen LogP contribution >= 0.6 is 15.9 Å². The molecule has 0 aliphatic rings. The van der Waals surface area contributed by atoms with E-state index in [1.54, 1.807) is 0 Å². The summed E-state index contributed by atoms with van der Waals surface area (Å²) in [5.74, 6) is 0. The third-order valence-corrected chi connectivity index (χ3v) is 2.74. The van der Waals surface area contributed by atoms with Crippen molar-refractivity contribution in [2.45, 2.75) is 12.3 Å². The molecule has 1 aromatic heterocycles. The fourth-order valence-electron chi connectivity index (χ4n) is 1.46. The molecule has 1 aromatic carbocycles. The zero-order chi connectivity index (χ0) is 9.26. The first-order valence-corrected chi connectivity index (χ1v) is 5.33. The Bertz CT molecular complexity index is 437. The molecule has 2 heteroatoms. The molecule has 0 spiro atoms. The second-order valence-electron chi connectivity index (χ2n) is 3.10. The standard InChI is InChI=1S/C11H10BrN/c1-8-5-9-3-2-4-10(6-12)11(9)7-13-8/h2-5,7H,6H2,1H3. The number of alkyl halides is 1. The van der Waals surface area contributed by atoms with Crippen LogP contribution in [0.15, 0.2) is 30.5 Å². The van der Waals surface area contributed by atoms with Crippen LogP contribution < -0.4 is 0 Å². The van der Waals surface area contributed by atoms with Crippen LogP contribution in [0.25, 0.3) is 10.8 Å². The average molecular weight is 236 g/mol. The Morgan fingerprint density at radius 1 is 1.38 bits per heavy atom. The third kappa shape index (κ3) is 1.59. The van der Waals surface area contributed by atoms with Gasteiger partial charge in [-0.2, -0.15) is 0 Å². The monoisotopic (exact) mass is 235 g/mol. The zero-order valence-corrected chi connectivity index (χ0v) is 9.01. The van der Waals surface area contributed by atoms with Gasteiger partial charge in [-0.05, 0) is 23.9 Å². The van der Waals surface area contributed by atoms with Crippen molar-refractivity contribution in [2.75, 3.05) is 0 Å². The molecule has 0 amide bonds. The second-order valence-corrected chi connectivity index (χ2v) is 3.66. The minimum absolute atomic E-state index is 0.884. The van der Waals surface area contributed by atoms with E-state index in [0.29, 0.717) is 0 Å². The van der Waals surface area contributed by atoms with Gasteiger partial charge in [0.2, 0.25) is 0 Å². The molecule has 0 unspecified atom stereocenters. The predicted octanol–water partition coefficient (Wildman–Crippen LogP) is 3.44. The number of benzene rings is 1. The van der Waals surface area contributed by atoms with Gasteiger partial charge in [-0.25, -0.2) is 0 Å². The highest BCUT2D eigenvalue weighted by Crippen LogP contribution is 2.20. The summed E-state index contributed by atoms with van der Waals surface area (Å²) in [7, 11) is 0. The van der Waals surface area contributed by atoms with Crippen LogP contribution in [0.2, 0.25) is 0 Å². The molecule has 1 nitrogen and oxygen atoms in total. The Morgan fingerprint density at radius 3 is 3.00 bits per heavy atom. The predicted molar refractivity (Wildman–Crippen MR) is 59.1 cm³/mol. The number of rotatable bonds is 1. The van der Waals surface area contributed by atoms with Gasteiger partial charge in [-0.3, -0.25) is 4.98 Å². The van der Waals surface area contributed by atoms with E-state index in [0.717, 1.165) is 11.0 Å². The van der Waals surface area contributed by atoms with Gasteiger partial charge in [0.05, 0.1) is 0 Å². The molecule has 0 fully saturated rings. The highest BCUT2D eigenvalue weighted by atomic mass is 79.9. The largest absolute Gasteiger partial charge is 0.261 e. The smallest absolute Gasteiger partial charge is 0.0379 e. The summed E-state index contributed by atoms with van der Waals surface area (Å²) in [5.41, 5.74) is 2.37. The van der Waals surface area contributed by atoms with Crippen molar-refractivity contribution < 1.29 is 0 Å². The molecule has 0 radical (unpaired) electrons. The lowest BCUT2D eigenvalue weighted by Crippen LogP contribution is -1.85. The molecule has 0 aliphatic carbocycles. The summed E-state index contributed by atoms with van der Waals surface area (Å²) in [4.78, 5) is 4.30. The van der Waals surface area contributed by atoms with Crippen LogP contribution in [-0.4, -0.2) is 4.98 Å². The molecule has 0 saturated carbocycles. The summed E-state index contributed by atoms with van der Waals surface area (Å²) in [6.07, 6.45) is 1.95. The van der Waals surface area contributed by atoms with E-state index in [9.17, 15) is 0 Å². The lowest BCUT2D eigenvalue weighted by molar-refractivity contribution is 1.22. The maximum atomic E-state index is 4.30. The summed E-state index contributed by atoms with van der Waals surface area (Å²) in [6, 6.07) is 8.43. The van der Waals surface area contributed by atoms with Gasteiger partial charge in [-0.15, -0.1) is 0 Å². The van der Waals surface area contributed by atoms with E-state index in [2.05, 4.69) is 45.2 Å². The number of pyridine rings is 1. The molecule has 2 rings (SSSR count). The van der Waals surface area contributed by atoms with Gasteiger partial charge in [0.15, 0.2) is 0 Å². The van der Waals surface area contributed by atoms with Gasteiger partial charge in [-0.1, -0.05) is 34.1 Å². The molecular weight excluding hydrogens is 226 g/mol. The topological polar surface area (TPSA) is 12.9 Å². The number of aryl methyl sites for hydroxylation is 1. The molecule has 0 N–H and O–H groups in total. The van der Waals surface area contributed by atoms with Gasteiger partial charge in [0.25, 0.3) is 0 Å². The lowest BCUT2D eigenvalue weighted by atomic mass is 10.1. The fraction of sp³-hybridized carbons (Fsp3) is 0.182. The van der Waals surface area contributed by atoms with E-state index in [4.69, 9.17) is 0 Å². The summed E-state index contributed by atoms with van der Waals surface area (Å²) < 4.78 is 0. The van der Waals surface area contributed by atoms with Crippen molar-refractivity contribution in [1.29, 1.82) is 0 Å². The van der Waals surface area contributed by atoms with Gasteiger partial charge < -0.3 is 0 Å². The lowest BCUT2D eigenvalue weighted by Gasteiger charge is -2.02. The summed E-state index contributed by atoms with van der Waals surface area (Å²) in [6.45, 7) is 2.01. The maximum Gasteiger partial charge on any atom is 0.0379 e. The van der Waals surface area contributed by atoms with Gasteiger partial charge in [0.1, 0.15) is 0 Å².